The molecule has 6 heteroatoms. The molecular weight excluding hydrogens is 428 g/mol. The van der Waals surface area contributed by atoms with Crippen LogP contribution < -0.4 is 14.8 Å². The molecule has 1 saturated heterocycles. The summed E-state index contributed by atoms with van der Waals surface area (Å²) in [4.78, 5) is 27.4. The molecule has 0 aromatic heterocycles. The van der Waals surface area contributed by atoms with E-state index in [1.165, 1.54) is 12.8 Å². The van der Waals surface area contributed by atoms with Crippen LogP contribution in [-0.2, 0) is 4.79 Å². The Balaban J connectivity index is 1.31. The lowest BCUT2D eigenvalue weighted by atomic mass is 10.0. The van der Waals surface area contributed by atoms with E-state index in [4.69, 9.17) is 9.47 Å². The number of amides is 1. The standard InChI is InChI=1S/C28H30N2O4/c1-33-25-11-7-10-23(18-25)26(30-16-5-6-17-30)19-29-27(31)20-34-24-14-12-22(13-15-24)28(32)21-8-3-2-4-9-21/h2-4,7-15,18,26H,5-6,16-17,19-20H2,1H3,(H,29,31)/t26-/m1/s1. The second-order valence-corrected chi connectivity index (χ2v) is 8.35. The van der Waals surface area contributed by atoms with Crippen LogP contribution in [0.4, 0.5) is 0 Å². The molecule has 4 rings (SSSR count). The van der Waals surface area contributed by atoms with Crippen molar-refractivity contribution in [3.05, 3.63) is 95.6 Å². The van der Waals surface area contributed by atoms with Gasteiger partial charge in [0.15, 0.2) is 12.4 Å². The summed E-state index contributed by atoms with van der Waals surface area (Å²) in [5, 5.41) is 3.02. The normalized spacial score (nSPS) is 14.4. The maximum Gasteiger partial charge on any atom is 0.258 e. The maximum atomic E-state index is 12.5. The van der Waals surface area contributed by atoms with Crippen LogP contribution >= 0.6 is 0 Å². The summed E-state index contributed by atoms with van der Waals surface area (Å²) in [6.07, 6.45) is 2.33. The number of ketones is 1. The largest absolute Gasteiger partial charge is 0.497 e. The number of methoxy groups -OCH3 is 1. The minimum Gasteiger partial charge on any atom is -0.497 e. The van der Waals surface area contributed by atoms with E-state index in [0.29, 0.717) is 23.4 Å². The van der Waals surface area contributed by atoms with E-state index in [1.807, 2.05) is 36.4 Å². The first-order chi connectivity index (χ1) is 16.6. The summed E-state index contributed by atoms with van der Waals surface area (Å²) in [7, 11) is 1.66. The minimum absolute atomic E-state index is 0.0459. The van der Waals surface area contributed by atoms with Gasteiger partial charge in [-0.25, -0.2) is 0 Å². The van der Waals surface area contributed by atoms with Gasteiger partial charge >= 0.3 is 0 Å². The predicted molar refractivity (Wildman–Crippen MR) is 131 cm³/mol. The molecule has 1 fully saturated rings. The molecule has 1 heterocycles. The average Bonchev–Trinajstić information content (AvgIpc) is 3.43. The monoisotopic (exact) mass is 458 g/mol. The average molecular weight is 459 g/mol. The maximum absolute atomic E-state index is 12.5. The lowest BCUT2D eigenvalue weighted by molar-refractivity contribution is -0.123. The minimum atomic E-state index is -0.184. The van der Waals surface area contributed by atoms with E-state index in [2.05, 4.69) is 16.3 Å². The number of rotatable bonds is 10. The molecule has 1 aliphatic heterocycles. The Morgan fingerprint density at radius 1 is 0.882 bits per heavy atom. The number of hydrogen-bond acceptors (Lipinski definition) is 5. The Morgan fingerprint density at radius 2 is 1.59 bits per heavy atom. The third-order valence-corrected chi connectivity index (χ3v) is 6.07. The number of nitrogens with zero attached hydrogens (tertiary/aromatic N) is 1. The van der Waals surface area contributed by atoms with Crippen molar-refractivity contribution in [2.45, 2.75) is 18.9 Å². The van der Waals surface area contributed by atoms with E-state index in [0.717, 1.165) is 24.4 Å². The van der Waals surface area contributed by atoms with Gasteiger partial charge in [-0.1, -0.05) is 42.5 Å². The first-order valence-electron chi connectivity index (χ1n) is 11.6. The second kappa shape index (κ2) is 11.5. The van der Waals surface area contributed by atoms with Crippen molar-refractivity contribution in [2.24, 2.45) is 0 Å². The Hall–Kier alpha value is -3.64. The fourth-order valence-electron chi connectivity index (χ4n) is 4.23. The van der Waals surface area contributed by atoms with Crippen molar-refractivity contribution in [3.63, 3.8) is 0 Å². The molecule has 0 radical (unpaired) electrons. The Kier molecular flexibility index (Phi) is 7.94. The Morgan fingerprint density at radius 3 is 2.29 bits per heavy atom. The van der Waals surface area contributed by atoms with E-state index in [-0.39, 0.29) is 24.3 Å². The molecule has 1 N–H and O–H groups in total. The molecule has 3 aromatic rings. The van der Waals surface area contributed by atoms with Crippen LogP contribution in [0.15, 0.2) is 78.9 Å². The van der Waals surface area contributed by atoms with Crippen molar-refractivity contribution in [1.82, 2.24) is 10.2 Å². The first kappa shape index (κ1) is 23.5. The smallest absolute Gasteiger partial charge is 0.258 e. The third kappa shape index (κ3) is 6.02. The molecule has 0 bridgehead atoms. The molecule has 1 amide bonds. The SMILES string of the molecule is COc1cccc([C@@H](CNC(=O)COc2ccc(C(=O)c3ccccc3)cc2)N2CCCC2)c1. The molecule has 176 valence electrons. The number of benzene rings is 3. The highest BCUT2D eigenvalue weighted by atomic mass is 16.5. The van der Waals surface area contributed by atoms with Crippen LogP contribution in [-0.4, -0.2) is 49.9 Å². The van der Waals surface area contributed by atoms with Gasteiger partial charge in [0.05, 0.1) is 13.2 Å². The summed E-state index contributed by atoms with van der Waals surface area (Å²) in [6, 6.07) is 24.1. The van der Waals surface area contributed by atoms with Crippen molar-refractivity contribution >= 4 is 11.7 Å². The topological polar surface area (TPSA) is 67.9 Å². The zero-order valence-electron chi connectivity index (χ0n) is 19.4. The molecule has 1 aliphatic rings. The lowest BCUT2D eigenvalue weighted by Crippen LogP contribution is -2.38. The number of carbonyl (C=O) groups is 2. The molecule has 6 nitrogen and oxygen atoms in total. The van der Waals surface area contributed by atoms with Gasteiger partial charge in [0.1, 0.15) is 11.5 Å². The molecular formula is C28H30N2O4. The summed E-state index contributed by atoms with van der Waals surface area (Å²) in [5.74, 6) is 1.13. The fourth-order valence-corrected chi connectivity index (χ4v) is 4.23. The summed E-state index contributed by atoms with van der Waals surface area (Å²) < 4.78 is 11.0. The van der Waals surface area contributed by atoms with Gasteiger partial charge in [-0.2, -0.15) is 0 Å². The number of carbonyl (C=O) groups excluding carboxylic acids is 2. The van der Waals surface area contributed by atoms with Gasteiger partial charge < -0.3 is 14.8 Å². The number of nitrogens with one attached hydrogen (secondary N) is 1. The van der Waals surface area contributed by atoms with E-state index >= 15 is 0 Å². The molecule has 1 atom stereocenters. The number of ether oxygens (including phenoxy) is 2. The molecule has 0 unspecified atom stereocenters. The van der Waals surface area contributed by atoms with Gasteiger partial charge in [0.2, 0.25) is 0 Å². The summed E-state index contributed by atoms with van der Waals surface area (Å²) >= 11 is 0. The predicted octanol–water partition coefficient (Wildman–Crippen LogP) is 4.26. The zero-order chi connectivity index (χ0) is 23.8. The molecule has 34 heavy (non-hydrogen) atoms. The van der Waals surface area contributed by atoms with Crippen molar-refractivity contribution in [1.29, 1.82) is 0 Å². The van der Waals surface area contributed by atoms with E-state index < -0.39 is 0 Å². The van der Waals surface area contributed by atoms with Crippen LogP contribution in [0.5, 0.6) is 11.5 Å². The first-order valence-corrected chi connectivity index (χ1v) is 11.6. The van der Waals surface area contributed by atoms with Crippen LogP contribution in [0.1, 0.15) is 40.4 Å². The van der Waals surface area contributed by atoms with Crippen molar-refractivity contribution < 1.29 is 19.1 Å². The quantitative estimate of drug-likeness (QED) is 0.460. The Bertz CT molecular complexity index is 1090. The second-order valence-electron chi connectivity index (χ2n) is 8.35. The van der Waals surface area contributed by atoms with Gasteiger partial charge in [-0.3, -0.25) is 14.5 Å². The van der Waals surface area contributed by atoms with Gasteiger partial charge in [-0.15, -0.1) is 0 Å². The zero-order valence-corrected chi connectivity index (χ0v) is 19.4. The lowest BCUT2D eigenvalue weighted by Gasteiger charge is -2.28. The highest BCUT2D eigenvalue weighted by Crippen LogP contribution is 2.27. The number of hydrogen-bond donors (Lipinski definition) is 1. The number of likely N-dealkylation sites (tertiary alicyclic amines) is 1. The molecule has 0 saturated carbocycles. The van der Waals surface area contributed by atoms with Crippen LogP contribution in [0.2, 0.25) is 0 Å². The summed E-state index contributed by atoms with van der Waals surface area (Å²) in [5.41, 5.74) is 2.34. The summed E-state index contributed by atoms with van der Waals surface area (Å²) in [6.45, 7) is 2.45. The highest BCUT2D eigenvalue weighted by molar-refractivity contribution is 6.08. The third-order valence-electron chi connectivity index (χ3n) is 6.07. The van der Waals surface area contributed by atoms with Gasteiger partial charge in [0, 0.05) is 17.7 Å². The fraction of sp³-hybridized carbons (Fsp3) is 0.286. The molecule has 0 aliphatic carbocycles. The van der Waals surface area contributed by atoms with Crippen LogP contribution in [0.25, 0.3) is 0 Å². The van der Waals surface area contributed by atoms with Gasteiger partial charge in [0.25, 0.3) is 5.91 Å². The highest BCUT2D eigenvalue weighted by Gasteiger charge is 2.24. The van der Waals surface area contributed by atoms with Gasteiger partial charge in [-0.05, 0) is 67.9 Å². The van der Waals surface area contributed by atoms with Crippen molar-refractivity contribution in [3.8, 4) is 11.5 Å². The molecule has 3 aromatic carbocycles. The Labute approximate surface area is 200 Å². The van der Waals surface area contributed by atoms with Crippen LogP contribution in [0.3, 0.4) is 0 Å². The van der Waals surface area contributed by atoms with E-state index in [9.17, 15) is 9.59 Å². The van der Waals surface area contributed by atoms with Crippen LogP contribution in [0, 0.1) is 0 Å². The molecule has 0 spiro atoms. The van der Waals surface area contributed by atoms with E-state index in [1.54, 1.807) is 43.5 Å². The van der Waals surface area contributed by atoms with Crippen molar-refractivity contribution in [2.75, 3.05) is 33.4 Å².